The SMILES string of the molecule is CCOCCOCCOCCOCC(=O)Oc1ccc2[nH]c3c(C)c4ccncc4c(C)c3c2c1. The topological polar surface area (TPSA) is 91.9 Å². The summed E-state index contributed by atoms with van der Waals surface area (Å²) in [7, 11) is 0. The van der Waals surface area contributed by atoms with E-state index in [0.29, 0.717) is 52.0 Å². The zero-order valence-electron chi connectivity index (χ0n) is 20.5. The second kappa shape index (κ2) is 12.1. The summed E-state index contributed by atoms with van der Waals surface area (Å²) >= 11 is 0. The molecule has 4 rings (SSSR count). The first-order valence-electron chi connectivity index (χ1n) is 11.9. The monoisotopic (exact) mass is 480 g/mol. The van der Waals surface area contributed by atoms with Crippen molar-refractivity contribution in [1.82, 2.24) is 9.97 Å². The highest BCUT2D eigenvalue weighted by atomic mass is 16.6. The number of esters is 1. The van der Waals surface area contributed by atoms with Crippen LogP contribution in [0.1, 0.15) is 18.1 Å². The van der Waals surface area contributed by atoms with Gasteiger partial charge in [0.1, 0.15) is 12.4 Å². The number of rotatable bonds is 13. The van der Waals surface area contributed by atoms with Gasteiger partial charge in [0.25, 0.3) is 0 Å². The summed E-state index contributed by atoms with van der Waals surface area (Å²) in [4.78, 5) is 20.1. The number of benzene rings is 2. The minimum atomic E-state index is -0.453. The molecule has 0 atom stereocenters. The molecule has 0 amide bonds. The van der Waals surface area contributed by atoms with E-state index in [1.165, 1.54) is 10.9 Å². The van der Waals surface area contributed by atoms with Crippen LogP contribution >= 0.6 is 0 Å². The lowest BCUT2D eigenvalue weighted by molar-refractivity contribution is -0.140. The number of nitrogens with zero attached hydrogens (tertiary/aromatic N) is 1. The van der Waals surface area contributed by atoms with Crippen molar-refractivity contribution in [2.45, 2.75) is 20.8 Å². The van der Waals surface area contributed by atoms with Gasteiger partial charge in [-0.05, 0) is 61.5 Å². The van der Waals surface area contributed by atoms with Gasteiger partial charge in [-0.25, -0.2) is 4.79 Å². The van der Waals surface area contributed by atoms with Gasteiger partial charge in [0, 0.05) is 40.7 Å². The molecule has 0 radical (unpaired) electrons. The zero-order valence-corrected chi connectivity index (χ0v) is 20.5. The van der Waals surface area contributed by atoms with Crippen LogP contribution in [0.2, 0.25) is 0 Å². The smallest absolute Gasteiger partial charge is 0.337 e. The molecule has 0 fully saturated rings. The first kappa shape index (κ1) is 25.1. The highest BCUT2D eigenvalue weighted by Crippen LogP contribution is 2.37. The Kier molecular flexibility index (Phi) is 8.65. The fourth-order valence-electron chi connectivity index (χ4n) is 4.21. The maximum Gasteiger partial charge on any atom is 0.337 e. The summed E-state index contributed by atoms with van der Waals surface area (Å²) in [5, 5.41) is 4.42. The molecule has 1 N–H and O–H groups in total. The van der Waals surface area contributed by atoms with Crippen molar-refractivity contribution in [1.29, 1.82) is 0 Å². The van der Waals surface area contributed by atoms with E-state index >= 15 is 0 Å². The van der Waals surface area contributed by atoms with Crippen molar-refractivity contribution in [2.24, 2.45) is 0 Å². The van der Waals surface area contributed by atoms with E-state index in [0.717, 1.165) is 32.8 Å². The number of hydrogen-bond donors (Lipinski definition) is 1. The third kappa shape index (κ3) is 5.97. The van der Waals surface area contributed by atoms with E-state index in [2.05, 4.69) is 23.8 Å². The number of hydrogen-bond acceptors (Lipinski definition) is 7. The van der Waals surface area contributed by atoms with Gasteiger partial charge in [0.15, 0.2) is 0 Å². The number of nitrogens with one attached hydrogen (secondary N) is 1. The fraction of sp³-hybridized carbons (Fsp3) is 0.407. The van der Waals surface area contributed by atoms with Gasteiger partial charge in [-0.3, -0.25) is 4.98 Å². The summed E-state index contributed by atoms with van der Waals surface area (Å²) in [6.07, 6.45) is 3.71. The summed E-state index contributed by atoms with van der Waals surface area (Å²) in [6, 6.07) is 7.66. The number of H-pyrrole nitrogens is 1. The maximum absolute atomic E-state index is 12.3. The molecule has 0 saturated carbocycles. The minimum absolute atomic E-state index is 0.144. The molecule has 0 spiro atoms. The molecule has 4 aromatic rings. The largest absolute Gasteiger partial charge is 0.425 e. The first-order chi connectivity index (χ1) is 17.1. The molecule has 186 valence electrons. The van der Waals surface area contributed by atoms with E-state index in [4.69, 9.17) is 23.7 Å². The number of ether oxygens (including phenoxy) is 5. The molecule has 2 aromatic heterocycles. The van der Waals surface area contributed by atoms with Crippen LogP contribution in [-0.2, 0) is 23.7 Å². The van der Waals surface area contributed by atoms with E-state index in [1.807, 2.05) is 37.5 Å². The molecular weight excluding hydrogens is 448 g/mol. The predicted molar refractivity (Wildman–Crippen MR) is 135 cm³/mol. The molecule has 0 saturated heterocycles. The molecule has 2 heterocycles. The number of pyridine rings is 1. The van der Waals surface area contributed by atoms with E-state index in [-0.39, 0.29) is 6.61 Å². The van der Waals surface area contributed by atoms with Gasteiger partial charge in [-0.2, -0.15) is 0 Å². The van der Waals surface area contributed by atoms with E-state index < -0.39 is 5.97 Å². The molecule has 8 heteroatoms. The van der Waals surface area contributed by atoms with E-state index in [1.54, 1.807) is 6.07 Å². The molecule has 0 aliphatic heterocycles. The fourth-order valence-corrected chi connectivity index (χ4v) is 4.21. The van der Waals surface area contributed by atoms with Crippen molar-refractivity contribution in [2.75, 3.05) is 52.9 Å². The summed E-state index contributed by atoms with van der Waals surface area (Å²) in [6.45, 7) is 9.48. The molecular formula is C27H32N2O6. The lowest BCUT2D eigenvalue weighted by atomic mass is 9.97. The number of aromatic amines is 1. The first-order valence-corrected chi connectivity index (χ1v) is 11.9. The highest BCUT2D eigenvalue weighted by molar-refractivity contribution is 6.16. The molecule has 35 heavy (non-hydrogen) atoms. The summed E-state index contributed by atoms with van der Waals surface area (Å²) in [5.74, 6) is 0.0294. The lowest BCUT2D eigenvalue weighted by Crippen LogP contribution is -2.18. The molecule has 2 aromatic carbocycles. The van der Waals surface area contributed by atoms with Gasteiger partial charge in [0.05, 0.1) is 45.2 Å². The van der Waals surface area contributed by atoms with Crippen LogP contribution < -0.4 is 4.74 Å². The Morgan fingerprint density at radius 1 is 0.857 bits per heavy atom. The highest BCUT2D eigenvalue weighted by Gasteiger charge is 2.15. The second-order valence-electron chi connectivity index (χ2n) is 8.20. The van der Waals surface area contributed by atoms with Gasteiger partial charge < -0.3 is 28.7 Å². The number of carbonyl (C=O) groups excluding carboxylic acids is 1. The average Bonchev–Trinajstić information content (AvgIpc) is 3.25. The molecule has 0 bridgehead atoms. The predicted octanol–water partition coefficient (Wildman–Crippen LogP) is 4.48. The summed E-state index contributed by atoms with van der Waals surface area (Å²) in [5.41, 5.74) is 4.39. The standard InChI is InChI=1S/C27H32N2O6/c1-4-31-9-10-32-11-12-33-13-14-34-17-25(30)35-20-5-6-24-22(15-20)26-18(2)23-16-28-8-7-21(23)19(3)27(26)29-24/h5-8,15-16,29H,4,9-14,17H2,1-3H3. The average molecular weight is 481 g/mol. The van der Waals surface area contributed by atoms with Crippen LogP contribution in [0, 0.1) is 13.8 Å². The van der Waals surface area contributed by atoms with Gasteiger partial charge in [-0.1, -0.05) is 0 Å². The number of aromatic nitrogens is 2. The normalized spacial score (nSPS) is 11.6. The Bertz CT molecular complexity index is 1300. The Morgan fingerprint density at radius 3 is 2.31 bits per heavy atom. The van der Waals surface area contributed by atoms with Crippen molar-refractivity contribution in [3.63, 3.8) is 0 Å². The number of aryl methyl sites for hydroxylation is 2. The number of fused-ring (bicyclic) bond motifs is 4. The van der Waals surface area contributed by atoms with Crippen LogP contribution in [0.4, 0.5) is 0 Å². The minimum Gasteiger partial charge on any atom is -0.425 e. The Balaban J connectivity index is 1.30. The lowest BCUT2D eigenvalue weighted by Gasteiger charge is -2.09. The van der Waals surface area contributed by atoms with Crippen molar-refractivity contribution < 1.29 is 28.5 Å². The van der Waals surface area contributed by atoms with Gasteiger partial charge >= 0.3 is 5.97 Å². The van der Waals surface area contributed by atoms with Crippen LogP contribution in [0.25, 0.3) is 32.6 Å². The van der Waals surface area contributed by atoms with Crippen LogP contribution in [0.5, 0.6) is 5.75 Å². The van der Waals surface area contributed by atoms with Crippen molar-refractivity contribution >= 4 is 38.5 Å². The van der Waals surface area contributed by atoms with Crippen LogP contribution in [-0.4, -0.2) is 68.8 Å². The Morgan fingerprint density at radius 2 is 1.57 bits per heavy atom. The van der Waals surface area contributed by atoms with Gasteiger partial charge in [0.2, 0.25) is 0 Å². The zero-order chi connectivity index (χ0) is 24.6. The Labute approximate surface area is 204 Å². The molecule has 0 unspecified atom stereocenters. The molecule has 8 nitrogen and oxygen atoms in total. The van der Waals surface area contributed by atoms with Crippen LogP contribution in [0.15, 0.2) is 36.7 Å². The second-order valence-corrected chi connectivity index (χ2v) is 8.20. The van der Waals surface area contributed by atoms with Crippen molar-refractivity contribution in [3.05, 3.63) is 47.8 Å². The summed E-state index contributed by atoms with van der Waals surface area (Å²) < 4.78 is 26.9. The van der Waals surface area contributed by atoms with Crippen molar-refractivity contribution in [3.8, 4) is 5.75 Å². The van der Waals surface area contributed by atoms with E-state index in [9.17, 15) is 4.79 Å². The Hall–Kier alpha value is -3.04. The van der Waals surface area contributed by atoms with Crippen LogP contribution in [0.3, 0.4) is 0 Å². The quantitative estimate of drug-likeness (QED) is 0.171. The molecule has 0 aliphatic carbocycles. The third-order valence-electron chi connectivity index (χ3n) is 5.92. The third-order valence-corrected chi connectivity index (χ3v) is 5.92. The maximum atomic E-state index is 12.3. The molecule has 0 aliphatic rings. The number of carbonyl (C=O) groups is 1. The van der Waals surface area contributed by atoms with Gasteiger partial charge in [-0.15, -0.1) is 0 Å².